The molecule has 0 aliphatic heterocycles. The van der Waals surface area contributed by atoms with Crippen LogP contribution in [0, 0.1) is 0 Å². The zero-order chi connectivity index (χ0) is 15.8. The van der Waals surface area contributed by atoms with Crippen LogP contribution in [0.15, 0.2) is 33.3 Å². The number of sulfonamides is 1. The third-order valence-corrected chi connectivity index (χ3v) is 6.74. The van der Waals surface area contributed by atoms with Crippen LogP contribution in [0.2, 0.25) is 0 Å². The van der Waals surface area contributed by atoms with Crippen LogP contribution in [0.1, 0.15) is 32.0 Å². The summed E-state index contributed by atoms with van der Waals surface area (Å²) in [6.07, 6.45) is 2.34. The molecule has 6 nitrogen and oxygen atoms in total. The van der Waals surface area contributed by atoms with E-state index in [2.05, 4.69) is 30.8 Å². The van der Waals surface area contributed by atoms with E-state index in [1.165, 1.54) is 0 Å². The van der Waals surface area contributed by atoms with Crippen LogP contribution in [0.4, 0.5) is 0 Å². The highest BCUT2D eigenvalue weighted by Gasteiger charge is 2.44. The lowest BCUT2D eigenvalue weighted by molar-refractivity contribution is 0.357. The molecule has 0 saturated heterocycles. The van der Waals surface area contributed by atoms with Gasteiger partial charge in [-0.2, -0.15) is 4.98 Å². The number of hydrogen-bond donors (Lipinski definition) is 1. The summed E-state index contributed by atoms with van der Waals surface area (Å²) in [4.78, 5) is 4.23. The first kappa shape index (κ1) is 15.6. The van der Waals surface area contributed by atoms with Crippen LogP contribution in [0.3, 0.4) is 0 Å². The molecule has 0 amide bonds. The van der Waals surface area contributed by atoms with Crippen molar-refractivity contribution < 1.29 is 12.9 Å². The van der Waals surface area contributed by atoms with E-state index in [-0.39, 0.29) is 6.54 Å². The molecule has 0 spiro atoms. The SMILES string of the molecule is CC1(S(=O)(=O)NCc2noc(-c3cccc(Br)c3)n2)CCC1. The summed E-state index contributed by atoms with van der Waals surface area (Å²) in [6, 6.07) is 7.47. The Morgan fingerprint density at radius 3 is 2.82 bits per heavy atom. The van der Waals surface area contributed by atoms with E-state index in [0.717, 1.165) is 16.5 Å². The Kier molecular flexibility index (Phi) is 4.09. The molecule has 1 N–H and O–H groups in total. The first-order chi connectivity index (χ1) is 10.4. The third kappa shape index (κ3) is 2.95. The van der Waals surface area contributed by atoms with E-state index < -0.39 is 14.8 Å². The van der Waals surface area contributed by atoms with Gasteiger partial charge in [0, 0.05) is 10.0 Å². The molecule has 22 heavy (non-hydrogen) atoms. The Bertz CT molecular complexity index is 784. The molecule has 1 aliphatic rings. The van der Waals surface area contributed by atoms with Crippen molar-refractivity contribution in [3.63, 3.8) is 0 Å². The minimum absolute atomic E-state index is 0.0371. The molecule has 0 radical (unpaired) electrons. The molecule has 118 valence electrons. The first-order valence-corrected chi connectivity index (χ1v) is 9.25. The molecule has 8 heteroatoms. The van der Waals surface area contributed by atoms with Gasteiger partial charge in [0.25, 0.3) is 5.89 Å². The molecule has 0 atom stereocenters. The summed E-state index contributed by atoms with van der Waals surface area (Å²) in [5.74, 6) is 0.687. The Balaban J connectivity index is 1.70. The molecule has 0 unspecified atom stereocenters. The lowest BCUT2D eigenvalue weighted by atomic mass is 9.86. The minimum atomic E-state index is -3.36. The molecule has 1 heterocycles. The highest BCUT2D eigenvalue weighted by Crippen LogP contribution is 2.38. The van der Waals surface area contributed by atoms with Gasteiger partial charge in [0.2, 0.25) is 10.0 Å². The molecule has 1 aromatic carbocycles. The van der Waals surface area contributed by atoms with Crippen molar-refractivity contribution in [3.8, 4) is 11.5 Å². The molecule has 3 rings (SSSR count). The zero-order valence-electron chi connectivity index (χ0n) is 12.0. The molecule has 1 saturated carbocycles. The van der Waals surface area contributed by atoms with Crippen molar-refractivity contribution in [2.45, 2.75) is 37.5 Å². The van der Waals surface area contributed by atoms with Crippen molar-refractivity contribution >= 4 is 26.0 Å². The van der Waals surface area contributed by atoms with Gasteiger partial charge in [0.15, 0.2) is 5.82 Å². The van der Waals surface area contributed by atoms with Crippen molar-refractivity contribution in [1.29, 1.82) is 0 Å². The van der Waals surface area contributed by atoms with Gasteiger partial charge in [0.1, 0.15) is 0 Å². The number of benzene rings is 1. The summed E-state index contributed by atoms with van der Waals surface area (Å²) >= 11 is 3.38. The Morgan fingerprint density at radius 2 is 2.18 bits per heavy atom. The maximum Gasteiger partial charge on any atom is 0.258 e. The van der Waals surface area contributed by atoms with E-state index >= 15 is 0 Å². The van der Waals surface area contributed by atoms with Crippen LogP contribution in [0.5, 0.6) is 0 Å². The second-order valence-electron chi connectivity index (χ2n) is 5.65. The topological polar surface area (TPSA) is 85.1 Å². The molecular formula is C14H16BrN3O3S. The fraction of sp³-hybridized carbons (Fsp3) is 0.429. The summed E-state index contributed by atoms with van der Waals surface area (Å²) in [5, 5.41) is 3.82. The second kappa shape index (κ2) is 5.75. The fourth-order valence-electron chi connectivity index (χ4n) is 2.34. The zero-order valence-corrected chi connectivity index (χ0v) is 14.4. The Labute approximate surface area is 137 Å². The van der Waals surface area contributed by atoms with Crippen LogP contribution in [0.25, 0.3) is 11.5 Å². The molecule has 1 aromatic heterocycles. The Morgan fingerprint density at radius 1 is 1.41 bits per heavy atom. The smallest absolute Gasteiger partial charge is 0.258 e. The number of rotatable bonds is 5. The van der Waals surface area contributed by atoms with Gasteiger partial charge in [-0.3, -0.25) is 0 Å². The standard InChI is InChI=1S/C14H16BrN3O3S/c1-14(6-3-7-14)22(19,20)16-9-12-17-13(21-18-12)10-4-2-5-11(15)8-10/h2,4-5,8,16H,3,6-7,9H2,1H3. The van der Waals surface area contributed by atoms with Crippen molar-refractivity contribution in [2.24, 2.45) is 0 Å². The number of aromatic nitrogens is 2. The number of hydrogen-bond acceptors (Lipinski definition) is 5. The molecule has 2 aromatic rings. The summed E-state index contributed by atoms with van der Waals surface area (Å²) in [7, 11) is -3.36. The average molecular weight is 386 g/mol. The lowest BCUT2D eigenvalue weighted by Gasteiger charge is -2.37. The average Bonchev–Trinajstić information content (AvgIpc) is 2.91. The number of halogens is 1. The summed E-state index contributed by atoms with van der Waals surface area (Å²) < 4.78 is 32.4. The van der Waals surface area contributed by atoms with Gasteiger partial charge in [-0.25, -0.2) is 13.1 Å². The first-order valence-electron chi connectivity index (χ1n) is 6.97. The summed E-state index contributed by atoms with van der Waals surface area (Å²) in [6.45, 7) is 1.80. The van der Waals surface area contributed by atoms with E-state index in [0.29, 0.717) is 24.6 Å². The van der Waals surface area contributed by atoms with E-state index in [9.17, 15) is 8.42 Å². The predicted octanol–water partition coefficient (Wildman–Crippen LogP) is 2.86. The fourth-order valence-corrected chi connectivity index (χ4v) is 4.23. The van der Waals surface area contributed by atoms with Crippen LogP contribution in [-0.4, -0.2) is 23.3 Å². The van der Waals surface area contributed by atoms with Crippen LogP contribution in [-0.2, 0) is 16.6 Å². The minimum Gasteiger partial charge on any atom is -0.334 e. The van der Waals surface area contributed by atoms with Crippen LogP contribution >= 0.6 is 15.9 Å². The van der Waals surface area contributed by atoms with Gasteiger partial charge >= 0.3 is 0 Å². The van der Waals surface area contributed by atoms with Gasteiger partial charge in [0.05, 0.1) is 11.3 Å². The molecular weight excluding hydrogens is 370 g/mol. The monoisotopic (exact) mass is 385 g/mol. The van der Waals surface area contributed by atoms with Gasteiger partial charge in [-0.1, -0.05) is 33.6 Å². The maximum absolute atomic E-state index is 12.2. The maximum atomic E-state index is 12.2. The molecule has 1 fully saturated rings. The molecule has 1 aliphatic carbocycles. The van der Waals surface area contributed by atoms with E-state index in [1.807, 2.05) is 24.3 Å². The predicted molar refractivity (Wildman–Crippen MR) is 85.4 cm³/mol. The normalized spacial score (nSPS) is 17.2. The third-order valence-electron chi connectivity index (χ3n) is 4.02. The van der Waals surface area contributed by atoms with Gasteiger partial charge in [-0.05, 0) is 38.0 Å². The lowest BCUT2D eigenvalue weighted by Crippen LogP contribution is -2.48. The van der Waals surface area contributed by atoms with Crippen molar-refractivity contribution in [1.82, 2.24) is 14.9 Å². The quantitative estimate of drug-likeness (QED) is 0.854. The number of nitrogens with one attached hydrogen (secondary N) is 1. The summed E-state index contributed by atoms with van der Waals surface area (Å²) in [5.41, 5.74) is 0.780. The largest absolute Gasteiger partial charge is 0.334 e. The van der Waals surface area contributed by atoms with E-state index in [1.54, 1.807) is 6.92 Å². The second-order valence-corrected chi connectivity index (χ2v) is 8.85. The van der Waals surface area contributed by atoms with Gasteiger partial charge < -0.3 is 4.52 Å². The molecule has 0 bridgehead atoms. The van der Waals surface area contributed by atoms with Crippen molar-refractivity contribution in [3.05, 3.63) is 34.6 Å². The van der Waals surface area contributed by atoms with Crippen molar-refractivity contribution in [2.75, 3.05) is 0 Å². The highest BCUT2D eigenvalue weighted by atomic mass is 79.9. The number of nitrogens with zero attached hydrogens (tertiary/aromatic N) is 2. The van der Waals surface area contributed by atoms with Crippen LogP contribution < -0.4 is 4.72 Å². The van der Waals surface area contributed by atoms with Gasteiger partial charge in [-0.15, -0.1) is 0 Å². The Hall–Kier alpha value is -1.25. The highest BCUT2D eigenvalue weighted by molar-refractivity contribution is 9.10. The van der Waals surface area contributed by atoms with E-state index in [4.69, 9.17) is 4.52 Å².